The third-order valence-corrected chi connectivity index (χ3v) is 12.7. The Morgan fingerprint density at radius 2 is 0.912 bits per heavy atom. The molecule has 7 atom stereocenters. The topological polar surface area (TPSA) is 99.1 Å². The van der Waals surface area contributed by atoms with Crippen LogP contribution in [0.3, 0.4) is 0 Å². The number of likely N-dealkylation sites (N-methyl/N-ethyl adjacent to an activating group) is 1. The maximum absolute atomic E-state index is 13.3. The highest BCUT2D eigenvalue weighted by atomic mass is 31.2. The Morgan fingerprint density at radius 1 is 0.509 bits per heavy atom. The van der Waals surface area contributed by atoms with Gasteiger partial charge in [-0.05, 0) is 41.4 Å². The maximum atomic E-state index is 13.3. The van der Waals surface area contributed by atoms with Gasteiger partial charge in [0.05, 0.1) is 34.4 Å². The molecule has 9 heteroatoms. The lowest BCUT2D eigenvalue weighted by Crippen LogP contribution is -2.37. The van der Waals surface area contributed by atoms with Gasteiger partial charge in [-0.2, -0.15) is 0 Å². The minimum atomic E-state index is -4.32. The van der Waals surface area contributed by atoms with Crippen molar-refractivity contribution in [3.05, 3.63) is 0 Å². The molecular formula is C48H97NO7P+. The quantitative estimate of drug-likeness (QED) is 0.0285. The number of quaternary nitrogens is 1. The zero-order chi connectivity index (χ0) is 43.3. The van der Waals surface area contributed by atoms with E-state index in [4.69, 9.17) is 13.8 Å². The summed E-state index contributed by atoms with van der Waals surface area (Å²) < 4.78 is 29.5. The third-order valence-electron chi connectivity index (χ3n) is 11.7. The fraction of sp³-hybridized carbons (Fsp3) is 0.958. The number of unbranched alkanes of at least 4 members (excludes halogenated alkanes) is 4. The largest absolute Gasteiger partial charge is 0.472 e. The molecule has 8 nitrogen and oxygen atoms in total. The highest BCUT2D eigenvalue weighted by Gasteiger charge is 2.27. The smallest absolute Gasteiger partial charge is 0.465 e. The van der Waals surface area contributed by atoms with Crippen LogP contribution in [0.1, 0.15) is 204 Å². The second-order valence-corrected chi connectivity index (χ2v) is 22.1. The molecule has 1 N–H and O–H groups in total. The minimum Gasteiger partial charge on any atom is -0.465 e. The highest BCUT2D eigenvalue weighted by molar-refractivity contribution is 7.47. The SMILES string of the molecule is CC(C)CCC[C@@H](C)CCCCCCC[C@H](C)CC(=O)OC[C@H](COP(=O)(O)OCC[N+](C)(C)C)CC(=O)C[C@@H](C)CCC[C@@H](C)CCC[C@@H](C)CCCC(C)C. The Kier molecular flexibility index (Phi) is 32.5. The zero-order valence-corrected chi connectivity index (χ0v) is 40.7. The molecule has 0 aromatic rings. The van der Waals surface area contributed by atoms with Crippen LogP contribution in [0.25, 0.3) is 0 Å². The molecule has 0 saturated heterocycles. The van der Waals surface area contributed by atoms with Gasteiger partial charge < -0.3 is 14.1 Å². The third kappa shape index (κ3) is 37.9. The van der Waals surface area contributed by atoms with Gasteiger partial charge in [0.15, 0.2) is 0 Å². The molecule has 0 aromatic heterocycles. The second-order valence-electron chi connectivity index (χ2n) is 20.7. The number of phosphoric acid groups is 1. The average Bonchev–Trinajstić information content (AvgIpc) is 3.08. The Balaban J connectivity index is 4.74. The van der Waals surface area contributed by atoms with Crippen molar-refractivity contribution in [3.8, 4) is 0 Å². The van der Waals surface area contributed by atoms with Crippen molar-refractivity contribution in [3.63, 3.8) is 0 Å². The van der Waals surface area contributed by atoms with Crippen molar-refractivity contribution in [2.24, 2.45) is 47.3 Å². The van der Waals surface area contributed by atoms with Gasteiger partial charge in [-0.1, -0.05) is 184 Å². The molecule has 0 aliphatic heterocycles. The van der Waals surface area contributed by atoms with E-state index in [1.54, 1.807) is 0 Å². The van der Waals surface area contributed by atoms with Gasteiger partial charge in [0.2, 0.25) is 0 Å². The van der Waals surface area contributed by atoms with Crippen molar-refractivity contribution in [2.45, 2.75) is 204 Å². The molecule has 0 bridgehead atoms. The number of hydrogen-bond acceptors (Lipinski definition) is 6. The van der Waals surface area contributed by atoms with E-state index in [2.05, 4.69) is 62.3 Å². The van der Waals surface area contributed by atoms with E-state index in [1.807, 2.05) is 21.1 Å². The Bertz CT molecular complexity index is 1040. The van der Waals surface area contributed by atoms with Crippen LogP contribution in [0.2, 0.25) is 0 Å². The molecule has 0 amide bonds. The van der Waals surface area contributed by atoms with Gasteiger partial charge in [-0.25, -0.2) is 4.57 Å². The molecule has 0 radical (unpaired) electrons. The lowest BCUT2D eigenvalue weighted by atomic mass is 9.89. The molecule has 0 heterocycles. The normalized spacial score (nSPS) is 16.6. The van der Waals surface area contributed by atoms with Crippen LogP contribution in [0, 0.1) is 47.3 Å². The van der Waals surface area contributed by atoms with Crippen LogP contribution in [-0.4, -0.2) is 68.6 Å². The van der Waals surface area contributed by atoms with Crippen molar-refractivity contribution >= 4 is 19.6 Å². The van der Waals surface area contributed by atoms with Crippen LogP contribution in [0.15, 0.2) is 0 Å². The molecular weight excluding hydrogens is 734 g/mol. The monoisotopic (exact) mass is 831 g/mol. The molecule has 0 aromatic carbocycles. The van der Waals surface area contributed by atoms with E-state index in [0.29, 0.717) is 29.8 Å². The van der Waals surface area contributed by atoms with Gasteiger partial charge >= 0.3 is 13.8 Å². The number of hydrogen-bond donors (Lipinski definition) is 1. The summed E-state index contributed by atoms with van der Waals surface area (Å²) in [6, 6.07) is 0. The molecule has 0 aliphatic carbocycles. The molecule has 0 rings (SSSR count). The van der Waals surface area contributed by atoms with Crippen LogP contribution in [-0.2, 0) is 27.9 Å². The van der Waals surface area contributed by atoms with Crippen molar-refractivity contribution in [2.75, 3.05) is 47.5 Å². The molecule has 0 fully saturated rings. The van der Waals surface area contributed by atoms with Crippen molar-refractivity contribution in [1.29, 1.82) is 0 Å². The van der Waals surface area contributed by atoms with Gasteiger partial charge in [0, 0.05) is 25.2 Å². The van der Waals surface area contributed by atoms with Crippen LogP contribution in [0.5, 0.6) is 0 Å². The fourth-order valence-electron chi connectivity index (χ4n) is 7.71. The summed E-state index contributed by atoms with van der Waals surface area (Å²) in [7, 11) is 1.60. The standard InChI is InChI=1S/C48H96NO7P/c1-39(2)22-18-26-41(5)24-16-14-13-15-17-25-45(9)35-48(51)54-37-46(38-56-57(52,53)55-33-32-49(10,11)12)36-47(50)34-44(8)31-21-30-43(7)29-20-28-42(6)27-19-23-40(3)4/h39-46H,13-38H2,1-12H3/p+1/t41-,42-,43-,44-,45-,46+/m0/s1. The number of nitrogens with zero attached hydrogens (tertiary/aromatic N) is 1. The predicted octanol–water partition coefficient (Wildman–Crippen LogP) is 13.6. The number of esters is 1. The van der Waals surface area contributed by atoms with Crippen molar-refractivity contribution < 1.29 is 37.3 Å². The summed E-state index contributed by atoms with van der Waals surface area (Å²) in [6.07, 6.45) is 24.6. The first kappa shape index (κ1) is 56.2. The van der Waals surface area contributed by atoms with Gasteiger partial charge in [0.25, 0.3) is 0 Å². The van der Waals surface area contributed by atoms with Gasteiger partial charge in [-0.3, -0.25) is 18.6 Å². The van der Waals surface area contributed by atoms with E-state index in [0.717, 1.165) is 49.4 Å². The summed E-state index contributed by atoms with van der Waals surface area (Å²) in [5.74, 6) is 3.66. The van der Waals surface area contributed by atoms with Crippen molar-refractivity contribution in [1.82, 2.24) is 0 Å². The number of phosphoric ester groups is 1. The number of Topliss-reactive ketones (excluding diaryl/α,β-unsaturated/α-hetero) is 1. The number of carbonyl (C=O) groups excluding carboxylic acids is 2. The minimum absolute atomic E-state index is 0.0195. The summed E-state index contributed by atoms with van der Waals surface area (Å²) >= 11 is 0. The van der Waals surface area contributed by atoms with Gasteiger partial charge in [0.1, 0.15) is 18.9 Å². The average molecular weight is 831 g/mol. The molecule has 340 valence electrons. The van der Waals surface area contributed by atoms with E-state index in [9.17, 15) is 19.0 Å². The summed E-state index contributed by atoms with van der Waals surface area (Å²) in [6.45, 7) is 21.0. The highest BCUT2D eigenvalue weighted by Crippen LogP contribution is 2.43. The van der Waals surface area contributed by atoms with E-state index >= 15 is 0 Å². The fourth-order valence-corrected chi connectivity index (χ4v) is 8.50. The summed E-state index contributed by atoms with van der Waals surface area (Å²) in [4.78, 5) is 36.5. The van der Waals surface area contributed by atoms with Crippen LogP contribution in [0.4, 0.5) is 0 Å². The van der Waals surface area contributed by atoms with E-state index in [1.165, 1.54) is 96.3 Å². The lowest BCUT2D eigenvalue weighted by Gasteiger charge is -2.24. The molecule has 1 unspecified atom stereocenters. The number of ketones is 1. The summed E-state index contributed by atoms with van der Waals surface area (Å²) in [5.41, 5.74) is 0. The van der Waals surface area contributed by atoms with E-state index in [-0.39, 0.29) is 49.8 Å². The second kappa shape index (κ2) is 32.9. The number of ether oxygens (including phenoxy) is 1. The molecule has 57 heavy (non-hydrogen) atoms. The first-order valence-corrected chi connectivity index (χ1v) is 25.3. The maximum Gasteiger partial charge on any atom is 0.472 e. The first-order chi connectivity index (χ1) is 26.7. The number of carbonyl (C=O) groups is 2. The molecule has 0 spiro atoms. The molecule has 0 saturated carbocycles. The lowest BCUT2D eigenvalue weighted by molar-refractivity contribution is -0.870. The Hall–Kier alpha value is -0.790. The predicted molar refractivity (Wildman–Crippen MR) is 241 cm³/mol. The van der Waals surface area contributed by atoms with Gasteiger partial charge in [-0.15, -0.1) is 0 Å². The van der Waals surface area contributed by atoms with E-state index < -0.39 is 13.7 Å². The number of rotatable bonds is 39. The molecule has 0 aliphatic rings. The first-order valence-electron chi connectivity index (χ1n) is 23.8. The van der Waals surface area contributed by atoms with Crippen LogP contribution >= 0.6 is 7.82 Å². The van der Waals surface area contributed by atoms with Crippen LogP contribution < -0.4 is 0 Å². The Labute approximate surface area is 354 Å². The zero-order valence-electron chi connectivity index (χ0n) is 39.8. The summed E-state index contributed by atoms with van der Waals surface area (Å²) in [5, 5.41) is 0. The Morgan fingerprint density at radius 3 is 1.39 bits per heavy atom.